The summed E-state index contributed by atoms with van der Waals surface area (Å²) in [6, 6.07) is 80.1. The van der Waals surface area contributed by atoms with Crippen molar-refractivity contribution in [2.24, 2.45) is 0 Å². The van der Waals surface area contributed by atoms with E-state index in [4.69, 9.17) is 0 Å². The van der Waals surface area contributed by atoms with Crippen LogP contribution in [0, 0.1) is 0 Å². The van der Waals surface area contributed by atoms with E-state index in [9.17, 15) is 0 Å². The molecule has 2 nitrogen and oxygen atoms in total. The van der Waals surface area contributed by atoms with Gasteiger partial charge in [-0.25, -0.2) is 0 Å². The van der Waals surface area contributed by atoms with E-state index in [1.807, 2.05) is 0 Å². The highest BCUT2D eigenvalue weighted by Gasteiger charge is 2.39. The van der Waals surface area contributed by atoms with Gasteiger partial charge in [0.25, 0.3) is 0 Å². The van der Waals surface area contributed by atoms with Crippen molar-refractivity contribution in [3.63, 3.8) is 0 Å². The van der Waals surface area contributed by atoms with Crippen LogP contribution in [0.15, 0.2) is 218 Å². The van der Waals surface area contributed by atoms with Gasteiger partial charge in [-0.15, -0.1) is 0 Å². The lowest BCUT2D eigenvalue weighted by atomic mass is 9.73. The fourth-order valence-electron chi connectivity index (χ4n) is 9.52. The summed E-state index contributed by atoms with van der Waals surface area (Å²) < 4.78 is 0. The summed E-state index contributed by atoms with van der Waals surface area (Å²) in [5.41, 5.74) is 14.0. The minimum absolute atomic E-state index is 0.246. The predicted octanol–water partition coefficient (Wildman–Crippen LogP) is 16.1. The molecule has 10 aromatic carbocycles. The maximum atomic E-state index is 2.56. The van der Waals surface area contributed by atoms with Crippen molar-refractivity contribution < 1.29 is 0 Å². The van der Waals surface area contributed by atoms with Crippen LogP contribution in [0.3, 0.4) is 0 Å². The average Bonchev–Trinajstić information content (AvgIpc) is 3.30. The molecule has 0 aliphatic carbocycles. The first-order valence-electron chi connectivity index (χ1n) is 20.5. The minimum Gasteiger partial charge on any atom is -0.308 e. The number of hydrogen-bond acceptors (Lipinski definition) is 2. The quantitative estimate of drug-likeness (QED) is 0.156. The zero-order valence-corrected chi connectivity index (χ0v) is 33.2. The molecule has 0 saturated heterocycles. The summed E-state index contributed by atoms with van der Waals surface area (Å²) >= 11 is 0. The topological polar surface area (TPSA) is 6.48 Å². The minimum atomic E-state index is -0.246. The normalized spacial score (nSPS) is 13.0. The molecular formula is C57H42N2. The molecule has 0 amide bonds. The Hall–Kier alpha value is -7.42. The van der Waals surface area contributed by atoms with E-state index in [1.54, 1.807) is 0 Å². The van der Waals surface area contributed by atoms with Crippen LogP contribution >= 0.6 is 0 Å². The SMILES string of the molecule is CC1(C)c2ccccc2N(c2c(N(c3ccccc3)c3ccc(-c4ccccc4)cc3)ccc3ccccc23)c2cc(-c3cc4ccccc4c4ccccc34)ccc21. The molecule has 280 valence electrons. The highest BCUT2D eigenvalue weighted by atomic mass is 15.2. The Kier molecular flexibility index (Phi) is 8.20. The van der Waals surface area contributed by atoms with E-state index in [0.717, 1.165) is 22.7 Å². The van der Waals surface area contributed by atoms with E-state index in [0.29, 0.717) is 0 Å². The first-order chi connectivity index (χ1) is 29.0. The molecule has 0 spiro atoms. The molecule has 0 aromatic heterocycles. The van der Waals surface area contributed by atoms with Gasteiger partial charge in [0.05, 0.1) is 22.7 Å². The van der Waals surface area contributed by atoms with Crippen molar-refractivity contribution >= 4 is 66.4 Å². The van der Waals surface area contributed by atoms with Crippen molar-refractivity contribution in [3.05, 3.63) is 230 Å². The van der Waals surface area contributed by atoms with Crippen molar-refractivity contribution in [3.8, 4) is 22.3 Å². The Morgan fingerprint density at radius 3 is 1.71 bits per heavy atom. The highest BCUT2D eigenvalue weighted by molar-refractivity contribution is 6.14. The Bertz CT molecular complexity index is 3180. The van der Waals surface area contributed by atoms with Crippen molar-refractivity contribution in [1.29, 1.82) is 0 Å². The van der Waals surface area contributed by atoms with Crippen LogP contribution < -0.4 is 9.80 Å². The van der Waals surface area contributed by atoms with Gasteiger partial charge in [0.1, 0.15) is 0 Å². The number of nitrogens with zero attached hydrogens (tertiary/aromatic N) is 2. The molecule has 2 heteroatoms. The first kappa shape index (κ1) is 34.8. The van der Waals surface area contributed by atoms with Crippen LogP contribution in [-0.2, 0) is 5.41 Å². The van der Waals surface area contributed by atoms with Gasteiger partial charge in [0.15, 0.2) is 0 Å². The van der Waals surface area contributed by atoms with Gasteiger partial charge in [-0.2, -0.15) is 0 Å². The second-order valence-electron chi connectivity index (χ2n) is 16.1. The summed E-state index contributed by atoms with van der Waals surface area (Å²) in [5, 5.41) is 7.43. The van der Waals surface area contributed by atoms with Gasteiger partial charge < -0.3 is 9.80 Å². The fraction of sp³-hybridized carbons (Fsp3) is 0.0526. The monoisotopic (exact) mass is 754 g/mol. The smallest absolute Gasteiger partial charge is 0.0781 e. The van der Waals surface area contributed by atoms with Crippen LogP contribution in [0.5, 0.6) is 0 Å². The summed E-state index contributed by atoms with van der Waals surface area (Å²) in [5.74, 6) is 0. The Balaban J connectivity index is 1.20. The summed E-state index contributed by atoms with van der Waals surface area (Å²) in [6.07, 6.45) is 0. The second kappa shape index (κ2) is 13.9. The standard InChI is InChI=1S/C57H42N2/c1-57(2)51-27-15-16-28-53(51)59(55-38-43(31-35-52(55)57)50-37-42-20-10-11-23-46(42)48-25-13-14-26-49(48)50)56-47-24-12-9-19-41(47)32-36-54(56)58(44-21-7-4-8-22-44)45-33-29-40(30-34-45)39-17-5-3-6-18-39/h3-38H,1-2H3. The summed E-state index contributed by atoms with van der Waals surface area (Å²) in [6.45, 7) is 4.75. The number of para-hydroxylation sites is 2. The molecule has 0 radical (unpaired) electrons. The third-order valence-electron chi connectivity index (χ3n) is 12.4. The predicted molar refractivity (Wildman–Crippen MR) is 251 cm³/mol. The largest absolute Gasteiger partial charge is 0.308 e. The summed E-state index contributed by atoms with van der Waals surface area (Å²) in [7, 11) is 0. The van der Waals surface area contributed by atoms with Gasteiger partial charge >= 0.3 is 0 Å². The van der Waals surface area contributed by atoms with Crippen LogP contribution in [0.25, 0.3) is 54.6 Å². The van der Waals surface area contributed by atoms with Crippen LogP contribution in [0.2, 0.25) is 0 Å². The van der Waals surface area contributed by atoms with E-state index < -0.39 is 0 Å². The fourth-order valence-corrected chi connectivity index (χ4v) is 9.52. The lowest BCUT2D eigenvalue weighted by Gasteiger charge is -2.44. The maximum Gasteiger partial charge on any atom is 0.0781 e. The Labute approximate surface area is 345 Å². The molecule has 0 fully saturated rings. The second-order valence-corrected chi connectivity index (χ2v) is 16.1. The Morgan fingerprint density at radius 1 is 0.373 bits per heavy atom. The molecule has 0 atom stereocenters. The third-order valence-corrected chi connectivity index (χ3v) is 12.4. The molecule has 0 bridgehead atoms. The van der Waals surface area contributed by atoms with Crippen molar-refractivity contribution in [1.82, 2.24) is 0 Å². The molecule has 59 heavy (non-hydrogen) atoms. The Morgan fingerprint density at radius 2 is 0.932 bits per heavy atom. The number of fused-ring (bicyclic) bond motifs is 6. The molecule has 10 aromatic rings. The molecule has 0 saturated carbocycles. The number of anilines is 6. The zero-order valence-electron chi connectivity index (χ0n) is 33.2. The number of hydrogen-bond donors (Lipinski definition) is 0. The average molecular weight is 755 g/mol. The van der Waals surface area contributed by atoms with E-state index in [2.05, 4.69) is 242 Å². The van der Waals surface area contributed by atoms with Crippen molar-refractivity contribution in [2.75, 3.05) is 9.80 Å². The highest BCUT2D eigenvalue weighted by Crippen LogP contribution is 2.57. The van der Waals surface area contributed by atoms with Crippen molar-refractivity contribution in [2.45, 2.75) is 19.3 Å². The van der Waals surface area contributed by atoms with Crippen LogP contribution in [0.4, 0.5) is 34.1 Å². The van der Waals surface area contributed by atoms with E-state index >= 15 is 0 Å². The lowest BCUT2D eigenvalue weighted by Crippen LogP contribution is -2.31. The molecule has 1 aliphatic rings. The van der Waals surface area contributed by atoms with E-state index in [-0.39, 0.29) is 5.41 Å². The molecule has 1 heterocycles. The summed E-state index contributed by atoms with van der Waals surface area (Å²) in [4.78, 5) is 4.99. The van der Waals surface area contributed by atoms with Gasteiger partial charge in [0, 0.05) is 22.2 Å². The van der Waals surface area contributed by atoms with Gasteiger partial charge in [0.2, 0.25) is 0 Å². The lowest BCUT2D eigenvalue weighted by molar-refractivity contribution is 0.632. The molecule has 0 N–H and O–H groups in total. The molecule has 0 unspecified atom stereocenters. The third kappa shape index (κ3) is 5.71. The maximum absolute atomic E-state index is 2.56. The van der Waals surface area contributed by atoms with Gasteiger partial charge in [-0.3, -0.25) is 0 Å². The number of benzene rings is 10. The van der Waals surface area contributed by atoms with Crippen LogP contribution in [-0.4, -0.2) is 0 Å². The molecule has 11 rings (SSSR count). The zero-order chi connectivity index (χ0) is 39.5. The van der Waals surface area contributed by atoms with Gasteiger partial charge in [-0.1, -0.05) is 184 Å². The number of rotatable bonds is 6. The van der Waals surface area contributed by atoms with Crippen LogP contribution in [0.1, 0.15) is 25.0 Å². The molecular weight excluding hydrogens is 713 g/mol. The molecule has 1 aliphatic heterocycles. The van der Waals surface area contributed by atoms with Gasteiger partial charge in [-0.05, 0) is 109 Å². The first-order valence-corrected chi connectivity index (χ1v) is 20.5. The van der Waals surface area contributed by atoms with E-state index in [1.165, 1.54) is 77.1 Å².